The number of amides is 2. The van der Waals surface area contributed by atoms with Crippen LogP contribution in [-0.4, -0.2) is 49.4 Å². The van der Waals surface area contributed by atoms with Crippen LogP contribution in [0.4, 0.5) is 0 Å². The van der Waals surface area contributed by atoms with Crippen molar-refractivity contribution in [3.8, 4) is 0 Å². The molecule has 2 rings (SSSR count). The molecule has 78 valence electrons. The first kappa shape index (κ1) is 9.45. The van der Waals surface area contributed by atoms with E-state index < -0.39 is 0 Å². The molecule has 5 heteroatoms. The van der Waals surface area contributed by atoms with Gasteiger partial charge in [-0.1, -0.05) is 0 Å². The van der Waals surface area contributed by atoms with Crippen molar-refractivity contribution in [2.45, 2.75) is 6.42 Å². The molecule has 0 bridgehead atoms. The van der Waals surface area contributed by atoms with Crippen molar-refractivity contribution in [3.05, 3.63) is 0 Å². The highest BCUT2D eigenvalue weighted by Crippen LogP contribution is 2.09. The lowest BCUT2D eigenvalue weighted by molar-refractivity contribution is -0.136. The Bertz CT molecular complexity index is 250. The number of nitrogens with zero attached hydrogens (tertiary/aromatic N) is 1. The van der Waals surface area contributed by atoms with E-state index in [1.165, 1.54) is 0 Å². The summed E-state index contributed by atoms with van der Waals surface area (Å²) in [6.45, 7) is 3.39. The van der Waals surface area contributed by atoms with Crippen molar-refractivity contribution in [2.24, 2.45) is 5.92 Å². The fourth-order valence-corrected chi connectivity index (χ4v) is 1.71. The van der Waals surface area contributed by atoms with Gasteiger partial charge in [0.15, 0.2) is 0 Å². The van der Waals surface area contributed by atoms with Gasteiger partial charge in [-0.15, -0.1) is 0 Å². The van der Waals surface area contributed by atoms with Crippen molar-refractivity contribution in [1.82, 2.24) is 15.5 Å². The number of nitrogens with one attached hydrogen (secondary N) is 2. The first-order valence-corrected chi connectivity index (χ1v) is 5.03. The van der Waals surface area contributed by atoms with Crippen molar-refractivity contribution >= 4 is 11.8 Å². The van der Waals surface area contributed by atoms with E-state index in [4.69, 9.17) is 0 Å². The first-order chi connectivity index (χ1) is 6.77. The van der Waals surface area contributed by atoms with E-state index >= 15 is 0 Å². The molecule has 2 amide bonds. The highest BCUT2D eigenvalue weighted by Gasteiger charge is 2.29. The van der Waals surface area contributed by atoms with Gasteiger partial charge >= 0.3 is 0 Å². The standard InChI is InChI=1S/C9H15N3O2/c13-8-1-3-12(4-2-11-8)9(14)7-5-10-6-7/h7,10H,1-6H2,(H,11,13). The number of carbonyl (C=O) groups is 2. The third kappa shape index (κ3) is 1.87. The summed E-state index contributed by atoms with van der Waals surface area (Å²) in [5, 5.41) is 5.83. The van der Waals surface area contributed by atoms with Crippen LogP contribution in [0, 0.1) is 5.92 Å². The number of carbonyl (C=O) groups excluding carboxylic acids is 2. The lowest BCUT2D eigenvalue weighted by Gasteiger charge is -2.31. The average molecular weight is 197 g/mol. The van der Waals surface area contributed by atoms with E-state index in [9.17, 15) is 9.59 Å². The van der Waals surface area contributed by atoms with Crippen LogP contribution in [0.25, 0.3) is 0 Å². The van der Waals surface area contributed by atoms with E-state index in [1.807, 2.05) is 0 Å². The lowest BCUT2D eigenvalue weighted by atomic mass is 10.0. The van der Waals surface area contributed by atoms with Crippen molar-refractivity contribution < 1.29 is 9.59 Å². The van der Waals surface area contributed by atoms with Crippen LogP contribution in [0.3, 0.4) is 0 Å². The summed E-state index contributed by atoms with van der Waals surface area (Å²) in [6.07, 6.45) is 0.436. The summed E-state index contributed by atoms with van der Waals surface area (Å²) >= 11 is 0. The summed E-state index contributed by atoms with van der Waals surface area (Å²) in [6, 6.07) is 0. The molecule has 0 aliphatic carbocycles. The molecule has 0 aromatic carbocycles. The van der Waals surface area contributed by atoms with Gasteiger partial charge in [0.25, 0.3) is 0 Å². The zero-order chi connectivity index (χ0) is 9.97. The molecular formula is C9H15N3O2. The summed E-state index contributed by atoms with van der Waals surface area (Å²) in [5.74, 6) is 0.385. The summed E-state index contributed by atoms with van der Waals surface area (Å²) in [4.78, 5) is 24.6. The van der Waals surface area contributed by atoms with E-state index in [0.29, 0.717) is 26.1 Å². The van der Waals surface area contributed by atoms with Crippen molar-refractivity contribution in [3.63, 3.8) is 0 Å². The quantitative estimate of drug-likeness (QED) is 0.541. The second-order valence-electron chi connectivity index (χ2n) is 3.78. The zero-order valence-electron chi connectivity index (χ0n) is 8.08. The summed E-state index contributed by atoms with van der Waals surface area (Å²) < 4.78 is 0. The number of rotatable bonds is 1. The van der Waals surface area contributed by atoms with Gasteiger partial charge in [0, 0.05) is 39.1 Å². The van der Waals surface area contributed by atoms with Gasteiger partial charge in [-0.2, -0.15) is 0 Å². The van der Waals surface area contributed by atoms with Gasteiger partial charge in [-0.25, -0.2) is 0 Å². The fraction of sp³-hybridized carbons (Fsp3) is 0.778. The summed E-state index contributed by atoms with van der Waals surface area (Å²) in [7, 11) is 0. The molecule has 2 heterocycles. The van der Waals surface area contributed by atoms with E-state index in [1.54, 1.807) is 4.90 Å². The Morgan fingerprint density at radius 2 is 2.14 bits per heavy atom. The maximum Gasteiger partial charge on any atom is 0.228 e. The van der Waals surface area contributed by atoms with Crippen LogP contribution >= 0.6 is 0 Å². The molecule has 0 saturated carbocycles. The summed E-state index contributed by atoms with van der Waals surface area (Å²) in [5.41, 5.74) is 0. The SMILES string of the molecule is O=C1CCN(C(=O)C2CNC2)CCN1. The van der Waals surface area contributed by atoms with Gasteiger partial charge in [0.05, 0.1) is 5.92 Å². The minimum atomic E-state index is 0.0482. The Labute approximate surface area is 82.8 Å². The molecule has 14 heavy (non-hydrogen) atoms. The average Bonchev–Trinajstić information content (AvgIpc) is 2.26. The van der Waals surface area contributed by atoms with E-state index in [2.05, 4.69) is 10.6 Å². The first-order valence-electron chi connectivity index (χ1n) is 5.03. The molecule has 0 aromatic heterocycles. The zero-order valence-corrected chi connectivity index (χ0v) is 8.08. The molecule has 0 aromatic rings. The molecule has 0 spiro atoms. The van der Waals surface area contributed by atoms with Crippen LogP contribution in [-0.2, 0) is 9.59 Å². The fourth-order valence-electron chi connectivity index (χ4n) is 1.71. The van der Waals surface area contributed by atoms with Crippen LogP contribution in [0.1, 0.15) is 6.42 Å². The highest BCUT2D eigenvalue weighted by atomic mass is 16.2. The van der Waals surface area contributed by atoms with Gasteiger partial charge in [-0.05, 0) is 0 Å². The minimum Gasteiger partial charge on any atom is -0.354 e. The third-order valence-corrected chi connectivity index (χ3v) is 2.76. The minimum absolute atomic E-state index is 0.0482. The van der Waals surface area contributed by atoms with Gasteiger partial charge in [-0.3, -0.25) is 9.59 Å². The van der Waals surface area contributed by atoms with Crippen LogP contribution in [0.2, 0.25) is 0 Å². The van der Waals surface area contributed by atoms with Gasteiger partial charge < -0.3 is 15.5 Å². The number of hydrogen-bond donors (Lipinski definition) is 2. The van der Waals surface area contributed by atoms with Crippen molar-refractivity contribution in [1.29, 1.82) is 0 Å². The maximum absolute atomic E-state index is 11.8. The van der Waals surface area contributed by atoms with Crippen LogP contribution in [0.15, 0.2) is 0 Å². The maximum atomic E-state index is 11.8. The van der Waals surface area contributed by atoms with Crippen LogP contribution < -0.4 is 10.6 Å². The Morgan fingerprint density at radius 3 is 2.79 bits per heavy atom. The van der Waals surface area contributed by atoms with Gasteiger partial charge in [0.1, 0.15) is 0 Å². The second-order valence-corrected chi connectivity index (χ2v) is 3.78. The molecule has 2 aliphatic heterocycles. The monoisotopic (exact) mass is 197 g/mol. The predicted octanol–water partition coefficient (Wildman–Crippen LogP) is -1.45. The Morgan fingerprint density at radius 1 is 1.36 bits per heavy atom. The van der Waals surface area contributed by atoms with Crippen LogP contribution in [0.5, 0.6) is 0 Å². The normalized spacial score (nSPS) is 23.7. The molecule has 0 radical (unpaired) electrons. The molecular weight excluding hydrogens is 182 g/mol. The molecule has 2 N–H and O–H groups in total. The van der Waals surface area contributed by atoms with E-state index in [0.717, 1.165) is 13.1 Å². The Balaban J connectivity index is 1.89. The molecule has 2 aliphatic rings. The largest absolute Gasteiger partial charge is 0.354 e. The third-order valence-electron chi connectivity index (χ3n) is 2.76. The second kappa shape index (κ2) is 3.96. The Hall–Kier alpha value is -1.10. The topological polar surface area (TPSA) is 61.4 Å². The Kier molecular flexibility index (Phi) is 2.67. The van der Waals surface area contributed by atoms with Crippen molar-refractivity contribution in [2.75, 3.05) is 32.7 Å². The lowest BCUT2D eigenvalue weighted by Crippen LogP contribution is -2.52. The smallest absolute Gasteiger partial charge is 0.228 e. The predicted molar refractivity (Wildman–Crippen MR) is 50.6 cm³/mol. The molecule has 0 atom stereocenters. The molecule has 2 fully saturated rings. The molecule has 5 nitrogen and oxygen atoms in total. The molecule has 2 saturated heterocycles. The number of hydrogen-bond acceptors (Lipinski definition) is 3. The van der Waals surface area contributed by atoms with E-state index in [-0.39, 0.29) is 17.7 Å². The van der Waals surface area contributed by atoms with Gasteiger partial charge in [0.2, 0.25) is 11.8 Å². The highest BCUT2D eigenvalue weighted by molar-refractivity contribution is 5.82. The molecule has 0 unspecified atom stereocenters.